The third kappa shape index (κ3) is 7.50. The number of H-pyrrole nitrogens is 1. The molecular weight excluding hydrogens is 629 g/mol. The number of carbonyl (C=O) groups is 2. The Balaban J connectivity index is 1.44. The molecule has 0 saturated carbocycles. The van der Waals surface area contributed by atoms with E-state index in [0.29, 0.717) is 63.6 Å². The van der Waals surface area contributed by atoms with Crippen LogP contribution in [0.25, 0.3) is 23.0 Å². The Bertz CT molecular complexity index is 1670. The van der Waals surface area contributed by atoms with Gasteiger partial charge in [0.05, 0.1) is 29.5 Å². The number of aromatic amines is 1. The van der Waals surface area contributed by atoms with Crippen LogP contribution in [0.15, 0.2) is 42.7 Å². The van der Waals surface area contributed by atoms with Gasteiger partial charge >= 0.3 is 6.09 Å². The van der Waals surface area contributed by atoms with Gasteiger partial charge < -0.3 is 20.4 Å². The van der Waals surface area contributed by atoms with Gasteiger partial charge in [0.2, 0.25) is 5.91 Å². The number of carbonyl (C=O) groups excluding carboxylic acids is 2. The molecule has 3 heterocycles. The number of benzene rings is 2. The number of aromatic nitrogens is 6. The lowest BCUT2D eigenvalue weighted by molar-refractivity contribution is -0.117. The van der Waals surface area contributed by atoms with E-state index in [-0.39, 0.29) is 16.1 Å². The standard InChI is InChI=1S/C29H30Cl3N9O3/c1-16-5-3-4-6-21(35-25(42)10-7-17-11-18(30)8-9-24(17)41-15-34-39-40-41)28-37-26(27(32)38-28)19-12-20(31)23(36-29(43)44-2)13-22(19)33-14-16/h7-13,15-16,21,33H,3-6,14H2,1-2H3,(H,35,42)(H,36,43)(H,37,38)/b10-7+/t16-,21+/m1/s1. The SMILES string of the molecule is COC(=O)Nc1cc2c(cc1Cl)-c1nc([nH]c1Cl)[C@@H](NC(=O)/C=C/c1cc(Cl)ccc1-n1cnnn1)CCCC[C@@H](C)CN2. The van der Waals surface area contributed by atoms with Crippen LogP contribution >= 0.6 is 34.8 Å². The first-order valence-corrected chi connectivity index (χ1v) is 15.0. The van der Waals surface area contributed by atoms with Gasteiger partial charge in [0.1, 0.15) is 23.0 Å². The van der Waals surface area contributed by atoms with Crippen molar-refractivity contribution in [3.05, 3.63) is 69.3 Å². The minimum absolute atomic E-state index is 0.283. The number of tetrazole rings is 1. The van der Waals surface area contributed by atoms with Gasteiger partial charge in [-0.25, -0.2) is 9.78 Å². The third-order valence-electron chi connectivity index (χ3n) is 7.19. The fourth-order valence-electron chi connectivity index (χ4n) is 4.91. The van der Waals surface area contributed by atoms with Gasteiger partial charge in [-0.15, -0.1) is 5.10 Å². The van der Waals surface area contributed by atoms with Crippen LogP contribution in [0.1, 0.15) is 50.0 Å². The zero-order valence-electron chi connectivity index (χ0n) is 23.9. The first kappa shape index (κ1) is 31.3. The van der Waals surface area contributed by atoms with E-state index in [1.807, 2.05) is 0 Å². The quantitative estimate of drug-likeness (QED) is 0.173. The van der Waals surface area contributed by atoms with E-state index in [4.69, 9.17) is 44.5 Å². The number of nitrogens with one attached hydrogen (secondary N) is 4. The maximum Gasteiger partial charge on any atom is 0.411 e. The smallest absolute Gasteiger partial charge is 0.411 e. The van der Waals surface area contributed by atoms with Crippen molar-refractivity contribution in [2.45, 2.75) is 38.6 Å². The number of amides is 2. The fourth-order valence-corrected chi connectivity index (χ4v) is 5.55. The van der Waals surface area contributed by atoms with Gasteiger partial charge in [-0.2, -0.15) is 4.68 Å². The molecular formula is C29H30Cl3N9O3. The van der Waals surface area contributed by atoms with Crippen molar-refractivity contribution in [3.8, 4) is 16.9 Å². The Morgan fingerprint density at radius 3 is 2.73 bits per heavy atom. The lowest BCUT2D eigenvalue weighted by Gasteiger charge is -2.18. The summed E-state index contributed by atoms with van der Waals surface area (Å²) in [5.74, 6) is 0.534. The molecule has 4 N–H and O–H groups in total. The summed E-state index contributed by atoms with van der Waals surface area (Å²) >= 11 is 19.5. The molecule has 15 heteroatoms. The first-order valence-electron chi connectivity index (χ1n) is 13.9. The summed E-state index contributed by atoms with van der Waals surface area (Å²) in [6, 6.07) is 8.19. The second kappa shape index (κ2) is 14.1. The molecule has 0 aliphatic carbocycles. The van der Waals surface area contributed by atoms with Gasteiger partial charge in [-0.05, 0) is 65.6 Å². The molecule has 12 nitrogen and oxygen atoms in total. The van der Waals surface area contributed by atoms with Gasteiger partial charge in [0, 0.05) is 34.5 Å². The highest BCUT2D eigenvalue weighted by atomic mass is 35.5. The number of halogens is 3. The number of hydrogen-bond acceptors (Lipinski definition) is 8. The number of nitrogens with zero attached hydrogens (tertiary/aromatic N) is 5. The monoisotopic (exact) mass is 657 g/mol. The van der Waals surface area contributed by atoms with Gasteiger partial charge in [0.15, 0.2) is 0 Å². The maximum atomic E-state index is 13.2. The van der Waals surface area contributed by atoms with E-state index in [1.54, 1.807) is 36.4 Å². The predicted octanol–water partition coefficient (Wildman–Crippen LogP) is 6.68. The summed E-state index contributed by atoms with van der Waals surface area (Å²) in [6.07, 6.45) is 7.34. The van der Waals surface area contributed by atoms with Crippen molar-refractivity contribution < 1.29 is 14.3 Å². The lowest BCUT2D eigenvalue weighted by Crippen LogP contribution is -2.27. The van der Waals surface area contributed by atoms with Crippen LogP contribution < -0.4 is 16.0 Å². The third-order valence-corrected chi connectivity index (χ3v) is 8.01. The molecule has 5 rings (SSSR count). The van der Waals surface area contributed by atoms with Crippen molar-refractivity contribution in [1.29, 1.82) is 0 Å². The summed E-state index contributed by atoms with van der Waals surface area (Å²) in [5, 5.41) is 21.5. The normalized spacial score (nSPS) is 17.0. The van der Waals surface area contributed by atoms with Crippen molar-refractivity contribution in [3.63, 3.8) is 0 Å². The zero-order valence-corrected chi connectivity index (χ0v) is 26.2. The van der Waals surface area contributed by atoms with Crippen molar-refractivity contribution in [2.75, 3.05) is 24.3 Å². The highest BCUT2D eigenvalue weighted by Crippen LogP contribution is 2.39. The Morgan fingerprint density at radius 1 is 1.14 bits per heavy atom. The number of methoxy groups -OCH3 is 1. The average molecular weight is 659 g/mol. The molecule has 2 aromatic carbocycles. The van der Waals surface area contributed by atoms with Crippen LogP contribution in [-0.2, 0) is 9.53 Å². The van der Waals surface area contributed by atoms with Crippen LogP contribution in [0.4, 0.5) is 16.2 Å². The summed E-state index contributed by atoms with van der Waals surface area (Å²) in [7, 11) is 1.28. The lowest BCUT2D eigenvalue weighted by atomic mass is 10.0. The number of hydrogen-bond donors (Lipinski definition) is 4. The zero-order chi connectivity index (χ0) is 31.2. The number of anilines is 2. The number of ether oxygens (including phenoxy) is 1. The van der Waals surface area contributed by atoms with E-state index in [9.17, 15) is 9.59 Å². The van der Waals surface area contributed by atoms with Crippen molar-refractivity contribution in [2.24, 2.45) is 5.92 Å². The Hall–Kier alpha value is -4.13. The number of imidazole rings is 1. The van der Waals surface area contributed by atoms with Crippen molar-refractivity contribution in [1.82, 2.24) is 35.5 Å². The molecule has 230 valence electrons. The Labute approximate surface area is 268 Å². The van der Waals surface area contributed by atoms with E-state index in [0.717, 1.165) is 19.3 Å². The minimum Gasteiger partial charge on any atom is -0.453 e. The van der Waals surface area contributed by atoms with E-state index in [1.165, 1.54) is 24.2 Å². The molecule has 0 radical (unpaired) electrons. The summed E-state index contributed by atoms with van der Waals surface area (Å²) < 4.78 is 6.22. The van der Waals surface area contributed by atoms with Gasteiger partial charge in [0.25, 0.3) is 0 Å². The maximum absolute atomic E-state index is 13.2. The van der Waals surface area contributed by atoms with Crippen LogP contribution in [-0.4, -0.2) is 55.8 Å². The molecule has 0 fully saturated rings. The summed E-state index contributed by atoms with van der Waals surface area (Å²) in [4.78, 5) is 33.1. The molecule has 2 amide bonds. The topological polar surface area (TPSA) is 152 Å². The van der Waals surface area contributed by atoms with Crippen LogP contribution in [0.2, 0.25) is 15.2 Å². The van der Waals surface area contributed by atoms with Gasteiger partial charge in [-0.3, -0.25) is 10.1 Å². The van der Waals surface area contributed by atoms with Crippen LogP contribution in [0.5, 0.6) is 0 Å². The largest absolute Gasteiger partial charge is 0.453 e. The molecule has 2 atom stereocenters. The fraction of sp³-hybridized carbons (Fsp3) is 0.310. The molecule has 1 aliphatic heterocycles. The number of fused-ring (bicyclic) bond motifs is 4. The summed E-state index contributed by atoms with van der Waals surface area (Å²) in [6.45, 7) is 2.85. The molecule has 44 heavy (non-hydrogen) atoms. The highest BCUT2D eigenvalue weighted by molar-refractivity contribution is 6.35. The first-order chi connectivity index (χ1) is 21.2. The second-order valence-electron chi connectivity index (χ2n) is 10.4. The van der Waals surface area contributed by atoms with E-state index in [2.05, 4.69) is 43.4 Å². The Kier molecular flexibility index (Phi) is 10.0. The molecule has 0 unspecified atom stereocenters. The van der Waals surface area contributed by atoms with Crippen LogP contribution in [0.3, 0.4) is 0 Å². The van der Waals surface area contributed by atoms with Crippen LogP contribution in [0, 0.1) is 5.92 Å². The van der Waals surface area contributed by atoms with E-state index < -0.39 is 12.1 Å². The number of rotatable bonds is 5. The van der Waals surface area contributed by atoms with Gasteiger partial charge in [-0.1, -0.05) is 54.6 Å². The van der Waals surface area contributed by atoms with E-state index >= 15 is 0 Å². The van der Waals surface area contributed by atoms with Crippen molar-refractivity contribution >= 4 is 64.3 Å². The highest BCUT2D eigenvalue weighted by Gasteiger charge is 2.24. The molecule has 1 aliphatic rings. The molecule has 4 aromatic rings. The Morgan fingerprint density at radius 2 is 1.95 bits per heavy atom. The predicted molar refractivity (Wildman–Crippen MR) is 170 cm³/mol. The molecule has 0 saturated heterocycles. The minimum atomic E-state index is -0.639. The summed E-state index contributed by atoms with van der Waals surface area (Å²) in [5.41, 5.74) is 3.50. The average Bonchev–Trinajstić information content (AvgIpc) is 3.67. The molecule has 2 aromatic heterocycles. The second-order valence-corrected chi connectivity index (χ2v) is 11.6. The molecule has 2 bridgehead atoms. The molecule has 0 spiro atoms.